The molecule has 0 bridgehead atoms. The van der Waals surface area contributed by atoms with Gasteiger partial charge in [-0.1, -0.05) is 6.92 Å². The number of thioether (sulfide) groups is 1. The molecule has 1 aromatic rings. The van der Waals surface area contributed by atoms with Gasteiger partial charge in [0.1, 0.15) is 5.82 Å². The number of nitrogens with zero attached hydrogens (tertiary/aromatic N) is 1. The van der Waals surface area contributed by atoms with Crippen LogP contribution in [0.4, 0.5) is 11.5 Å². The Kier molecular flexibility index (Phi) is 4.75. The molecule has 0 saturated heterocycles. The summed E-state index contributed by atoms with van der Waals surface area (Å²) in [6.45, 7) is 5.21. The molecule has 0 fully saturated rings. The van der Waals surface area contributed by atoms with E-state index < -0.39 is 0 Å². The minimum absolute atomic E-state index is 0.652. The normalized spacial score (nSPS) is 12.5. The van der Waals surface area contributed by atoms with E-state index in [1.807, 2.05) is 24.8 Å². The molecule has 0 aliphatic heterocycles. The molecule has 84 valence electrons. The predicted octanol–water partition coefficient (Wildman–Crippen LogP) is 2.38. The number of rotatable bonds is 5. The molecule has 4 heteroatoms. The average molecular weight is 225 g/mol. The Morgan fingerprint density at radius 2 is 2.33 bits per heavy atom. The van der Waals surface area contributed by atoms with Crippen molar-refractivity contribution in [3.8, 4) is 0 Å². The van der Waals surface area contributed by atoms with E-state index in [2.05, 4.69) is 23.5 Å². The van der Waals surface area contributed by atoms with Gasteiger partial charge in [0, 0.05) is 6.54 Å². The summed E-state index contributed by atoms with van der Waals surface area (Å²) in [6.07, 6.45) is 3.82. The summed E-state index contributed by atoms with van der Waals surface area (Å²) in [5.74, 6) is 2.76. The molecule has 1 heterocycles. The van der Waals surface area contributed by atoms with Gasteiger partial charge in [-0.05, 0) is 36.5 Å². The molecule has 1 unspecified atom stereocenters. The number of nitrogens with one attached hydrogen (secondary N) is 1. The number of hydrogen-bond acceptors (Lipinski definition) is 4. The van der Waals surface area contributed by atoms with Crippen LogP contribution in [-0.4, -0.2) is 23.5 Å². The standard InChI is InChI=1S/C11H19N3S/c1-8(7-15-3)5-13-11-9(2)4-10(12)6-14-11/h4,6,8H,5,7,12H2,1-3H3,(H,13,14). The first-order valence-electron chi connectivity index (χ1n) is 5.08. The maximum absolute atomic E-state index is 5.64. The first-order valence-corrected chi connectivity index (χ1v) is 6.47. The average Bonchev–Trinajstić information content (AvgIpc) is 2.17. The van der Waals surface area contributed by atoms with Gasteiger partial charge in [0.25, 0.3) is 0 Å². The number of anilines is 2. The highest BCUT2D eigenvalue weighted by atomic mass is 32.2. The number of aryl methyl sites for hydroxylation is 1. The van der Waals surface area contributed by atoms with E-state index in [0.29, 0.717) is 5.92 Å². The summed E-state index contributed by atoms with van der Waals surface area (Å²) in [5, 5.41) is 3.34. The Labute approximate surface area is 95.9 Å². The van der Waals surface area contributed by atoms with Gasteiger partial charge in [0.15, 0.2) is 0 Å². The zero-order chi connectivity index (χ0) is 11.3. The topological polar surface area (TPSA) is 50.9 Å². The lowest BCUT2D eigenvalue weighted by molar-refractivity contribution is 0.699. The lowest BCUT2D eigenvalue weighted by Gasteiger charge is -2.13. The van der Waals surface area contributed by atoms with Crippen molar-refractivity contribution in [3.05, 3.63) is 17.8 Å². The lowest BCUT2D eigenvalue weighted by Crippen LogP contribution is -2.14. The van der Waals surface area contributed by atoms with Gasteiger partial charge >= 0.3 is 0 Å². The molecule has 3 N–H and O–H groups in total. The molecule has 1 atom stereocenters. The Bertz CT molecular complexity index is 315. The van der Waals surface area contributed by atoms with Crippen molar-refractivity contribution < 1.29 is 0 Å². The molecule has 15 heavy (non-hydrogen) atoms. The Morgan fingerprint density at radius 3 is 2.93 bits per heavy atom. The van der Waals surface area contributed by atoms with Gasteiger partial charge in [0.05, 0.1) is 11.9 Å². The molecule has 0 aromatic carbocycles. The first-order chi connectivity index (χ1) is 7.13. The van der Waals surface area contributed by atoms with E-state index in [4.69, 9.17) is 5.73 Å². The lowest BCUT2D eigenvalue weighted by atomic mass is 10.2. The van der Waals surface area contributed by atoms with Gasteiger partial charge in [-0.2, -0.15) is 11.8 Å². The summed E-state index contributed by atoms with van der Waals surface area (Å²) in [7, 11) is 0. The minimum Gasteiger partial charge on any atom is -0.397 e. The summed E-state index contributed by atoms with van der Waals surface area (Å²) in [5.41, 5.74) is 7.46. The highest BCUT2D eigenvalue weighted by molar-refractivity contribution is 7.98. The number of nitrogen functional groups attached to an aromatic ring is 1. The molecule has 0 spiro atoms. The van der Waals surface area contributed by atoms with E-state index >= 15 is 0 Å². The van der Waals surface area contributed by atoms with E-state index in [1.54, 1.807) is 6.20 Å². The summed E-state index contributed by atoms with van der Waals surface area (Å²) in [6, 6.07) is 1.94. The van der Waals surface area contributed by atoms with Crippen LogP contribution in [0.2, 0.25) is 0 Å². The van der Waals surface area contributed by atoms with Gasteiger partial charge < -0.3 is 11.1 Å². The number of hydrogen-bond donors (Lipinski definition) is 2. The maximum atomic E-state index is 5.64. The quantitative estimate of drug-likeness (QED) is 0.808. The minimum atomic E-state index is 0.652. The van der Waals surface area contributed by atoms with Crippen LogP contribution in [0.5, 0.6) is 0 Å². The fourth-order valence-electron chi connectivity index (χ4n) is 1.40. The second kappa shape index (κ2) is 5.85. The van der Waals surface area contributed by atoms with Crippen molar-refractivity contribution in [2.45, 2.75) is 13.8 Å². The molecule has 3 nitrogen and oxygen atoms in total. The van der Waals surface area contributed by atoms with Crippen LogP contribution < -0.4 is 11.1 Å². The van der Waals surface area contributed by atoms with Crippen molar-refractivity contribution in [2.24, 2.45) is 5.92 Å². The Morgan fingerprint density at radius 1 is 1.60 bits per heavy atom. The van der Waals surface area contributed by atoms with Crippen LogP contribution in [0.25, 0.3) is 0 Å². The molecule has 0 amide bonds. The van der Waals surface area contributed by atoms with Crippen LogP contribution in [0.3, 0.4) is 0 Å². The highest BCUT2D eigenvalue weighted by Crippen LogP contribution is 2.14. The molecule has 0 radical (unpaired) electrons. The van der Waals surface area contributed by atoms with Crippen molar-refractivity contribution in [2.75, 3.05) is 29.6 Å². The van der Waals surface area contributed by atoms with E-state index in [1.165, 1.54) is 5.75 Å². The number of nitrogens with two attached hydrogens (primary N) is 1. The van der Waals surface area contributed by atoms with Gasteiger partial charge in [-0.25, -0.2) is 4.98 Å². The zero-order valence-electron chi connectivity index (χ0n) is 9.58. The van der Waals surface area contributed by atoms with Crippen LogP contribution in [-0.2, 0) is 0 Å². The largest absolute Gasteiger partial charge is 0.397 e. The van der Waals surface area contributed by atoms with E-state index in [0.717, 1.165) is 23.6 Å². The fourth-order valence-corrected chi connectivity index (χ4v) is 2.08. The first kappa shape index (κ1) is 12.2. The number of aromatic nitrogens is 1. The second-order valence-corrected chi connectivity index (χ2v) is 4.79. The predicted molar refractivity (Wildman–Crippen MR) is 69.4 cm³/mol. The van der Waals surface area contributed by atoms with Crippen LogP contribution in [0, 0.1) is 12.8 Å². The fraction of sp³-hybridized carbons (Fsp3) is 0.545. The summed E-state index contributed by atoms with van der Waals surface area (Å²) >= 11 is 1.87. The SMILES string of the molecule is CSCC(C)CNc1ncc(N)cc1C. The number of pyridine rings is 1. The van der Waals surface area contributed by atoms with Crippen molar-refractivity contribution in [3.63, 3.8) is 0 Å². The molecular weight excluding hydrogens is 206 g/mol. The van der Waals surface area contributed by atoms with Crippen LogP contribution in [0.15, 0.2) is 12.3 Å². The summed E-state index contributed by atoms with van der Waals surface area (Å²) in [4.78, 5) is 4.27. The van der Waals surface area contributed by atoms with Crippen molar-refractivity contribution in [1.82, 2.24) is 4.98 Å². The molecule has 1 aromatic heterocycles. The molecule has 0 aliphatic carbocycles. The third-order valence-electron chi connectivity index (χ3n) is 2.17. The Hall–Kier alpha value is -0.900. The monoisotopic (exact) mass is 225 g/mol. The molecule has 1 rings (SSSR count). The maximum Gasteiger partial charge on any atom is 0.129 e. The molecular formula is C11H19N3S. The highest BCUT2D eigenvalue weighted by Gasteiger charge is 2.03. The zero-order valence-corrected chi connectivity index (χ0v) is 10.4. The summed E-state index contributed by atoms with van der Waals surface area (Å²) < 4.78 is 0. The molecule has 0 saturated carbocycles. The van der Waals surface area contributed by atoms with Crippen LogP contribution in [0.1, 0.15) is 12.5 Å². The third-order valence-corrected chi connectivity index (χ3v) is 3.07. The Balaban J connectivity index is 2.50. The van der Waals surface area contributed by atoms with E-state index in [9.17, 15) is 0 Å². The van der Waals surface area contributed by atoms with Crippen molar-refractivity contribution in [1.29, 1.82) is 0 Å². The smallest absolute Gasteiger partial charge is 0.129 e. The van der Waals surface area contributed by atoms with E-state index in [-0.39, 0.29) is 0 Å². The van der Waals surface area contributed by atoms with Gasteiger partial charge in [-0.3, -0.25) is 0 Å². The molecule has 0 aliphatic rings. The van der Waals surface area contributed by atoms with Gasteiger partial charge in [0.2, 0.25) is 0 Å². The van der Waals surface area contributed by atoms with Crippen molar-refractivity contribution >= 4 is 23.3 Å². The van der Waals surface area contributed by atoms with Gasteiger partial charge in [-0.15, -0.1) is 0 Å². The van der Waals surface area contributed by atoms with Crippen LogP contribution >= 0.6 is 11.8 Å². The second-order valence-electron chi connectivity index (χ2n) is 3.88. The third kappa shape index (κ3) is 4.00.